The number of ether oxygens (including phenoxy) is 1. The van der Waals surface area contributed by atoms with Crippen molar-refractivity contribution in [2.75, 3.05) is 18.4 Å². The molecule has 1 aromatic heterocycles. The number of hydrogen-bond acceptors (Lipinski definition) is 5. The summed E-state index contributed by atoms with van der Waals surface area (Å²) in [6.45, 7) is 2.05. The smallest absolute Gasteiger partial charge is 0.257 e. The van der Waals surface area contributed by atoms with Crippen LogP contribution in [0.2, 0.25) is 0 Å². The van der Waals surface area contributed by atoms with Gasteiger partial charge in [0.15, 0.2) is 6.61 Å². The summed E-state index contributed by atoms with van der Waals surface area (Å²) in [5.74, 6) is 0.465. The number of benzene rings is 2. The van der Waals surface area contributed by atoms with E-state index in [4.69, 9.17) is 4.74 Å². The molecule has 0 aliphatic rings. The molecule has 2 aromatic carbocycles. The van der Waals surface area contributed by atoms with E-state index in [-0.39, 0.29) is 12.5 Å². The highest BCUT2D eigenvalue weighted by Gasteiger charge is 2.09. The second-order valence-electron chi connectivity index (χ2n) is 5.49. The number of anilines is 1. The Morgan fingerprint density at radius 1 is 1.20 bits per heavy atom. The van der Waals surface area contributed by atoms with Crippen molar-refractivity contribution in [1.29, 1.82) is 0 Å². The van der Waals surface area contributed by atoms with Crippen LogP contribution >= 0.6 is 11.9 Å². The number of likely N-dealkylation sites (N-methyl/N-ethyl adjacent to an activating group) is 1. The van der Waals surface area contributed by atoms with E-state index in [0.29, 0.717) is 5.75 Å². The maximum absolute atomic E-state index is 11.4. The highest BCUT2D eigenvalue weighted by molar-refractivity contribution is 8.00. The summed E-state index contributed by atoms with van der Waals surface area (Å²) >= 11 is 1.54. The van der Waals surface area contributed by atoms with Gasteiger partial charge in [-0.15, -0.1) is 0 Å². The molecule has 6 heteroatoms. The normalized spacial score (nSPS) is 10.5. The molecule has 0 saturated heterocycles. The number of fused-ring (bicyclic) bond motifs is 1. The standard InChI is InChI=1S/C19H19N3O2S/c1-13-5-3-6-14(11-13)25-22-16-8-9-17(24-12-18(23)20-2)15-7-4-10-21-19(15)16/h3-11,22H,12H2,1-2H3,(H,20,23). The van der Waals surface area contributed by atoms with E-state index < -0.39 is 0 Å². The molecule has 0 fully saturated rings. The average Bonchev–Trinajstić information content (AvgIpc) is 2.64. The fraction of sp³-hybridized carbons (Fsp3) is 0.158. The summed E-state index contributed by atoms with van der Waals surface area (Å²) in [5, 5.41) is 3.40. The van der Waals surface area contributed by atoms with E-state index in [1.807, 2.05) is 30.3 Å². The molecule has 128 valence electrons. The molecule has 0 aliphatic heterocycles. The zero-order chi connectivity index (χ0) is 17.6. The van der Waals surface area contributed by atoms with Crippen molar-refractivity contribution >= 4 is 34.4 Å². The van der Waals surface area contributed by atoms with E-state index in [9.17, 15) is 4.79 Å². The third-order valence-corrected chi connectivity index (χ3v) is 4.45. The summed E-state index contributed by atoms with van der Waals surface area (Å²) in [4.78, 5) is 17.0. The molecule has 0 saturated carbocycles. The number of hydrogen-bond donors (Lipinski definition) is 2. The predicted octanol–water partition coefficient (Wildman–Crippen LogP) is 3.79. The van der Waals surface area contributed by atoms with Crippen LogP contribution in [0.5, 0.6) is 5.75 Å². The van der Waals surface area contributed by atoms with E-state index in [0.717, 1.165) is 21.5 Å². The van der Waals surface area contributed by atoms with Crippen molar-refractivity contribution < 1.29 is 9.53 Å². The molecular weight excluding hydrogens is 334 g/mol. The van der Waals surface area contributed by atoms with Crippen LogP contribution in [0.1, 0.15) is 5.56 Å². The Labute approximate surface area is 150 Å². The summed E-state index contributed by atoms with van der Waals surface area (Å²) in [5.41, 5.74) is 2.92. The van der Waals surface area contributed by atoms with E-state index >= 15 is 0 Å². The van der Waals surface area contributed by atoms with Gasteiger partial charge in [-0.3, -0.25) is 9.78 Å². The molecule has 0 bridgehead atoms. The lowest BCUT2D eigenvalue weighted by molar-refractivity contribution is -0.122. The molecule has 0 unspecified atom stereocenters. The summed E-state index contributed by atoms with van der Waals surface area (Å²) < 4.78 is 8.97. The van der Waals surface area contributed by atoms with Crippen LogP contribution in [0.4, 0.5) is 5.69 Å². The summed E-state index contributed by atoms with van der Waals surface area (Å²) in [6.07, 6.45) is 1.74. The predicted molar refractivity (Wildman–Crippen MR) is 102 cm³/mol. The Kier molecular flexibility index (Phi) is 5.40. The Morgan fingerprint density at radius 2 is 2.08 bits per heavy atom. The van der Waals surface area contributed by atoms with Crippen molar-refractivity contribution in [2.24, 2.45) is 0 Å². The molecule has 0 aliphatic carbocycles. The number of amides is 1. The SMILES string of the molecule is CNC(=O)COc1ccc(NSc2cccc(C)c2)c2ncccc12. The number of nitrogens with one attached hydrogen (secondary N) is 2. The maximum Gasteiger partial charge on any atom is 0.257 e. The first-order valence-electron chi connectivity index (χ1n) is 7.88. The van der Waals surface area contributed by atoms with Gasteiger partial charge in [-0.05, 0) is 60.8 Å². The Morgan fingerprint density at radius 3 is 2.88 bits per heavy atom. The third kappa shape index (κ3) is 4.22. The molecule has 0 radical (unpaired) electrons. The van der Waals surface area contributed by atoms with Gasteiger partial charge >= 0.3 is 0 Å². The van der Waals surface area contributed by atoms with Gasteiger partial charge in [-0.25, -0.2) is 0 Å². The molecule has 3 aromatic rings. The summed E-state index contributed by atoms with van der Waals surface area (Å²) in [7, 11) is 1.58. The first-order chi connectivity index (χ1) is 12.2. The number of nitrogens with zero attached hydrogens (tertiary/aromatic N) is 1. The lowest BCUT2D eigenvalue weighted by atomic mass is 10.2. The number of pyridine rings is 1. The van der Waals surface area contributed by atoms with Crippen LogP contribution in [-0.2, 0) is 4.79 Å². The minimum atomic E-state index is -0.172. The van der Waals surface area contributed by atoms with E-state index in [2.05, 4.69) is 40.1 Å². The minimum absolute atomic E-state index is 0.0225. The summed E-state index contributed by atoms with van der Waals surface area (Å²) in [6, 6.07) is 15.8. The molecule has 1 amide bonds. The second-order valence-corrected chi connectivity index (χ2v) is 6.37. The topological polar surface area (TPSA) is 63.2 Å². The Balaban J connectivity index is 1.83. The monoisotopic (exact) mass is 353 g/mol. The number of aryl methyl sites for hydroxylation is 1. The van der Waals surface area contributed by atoms with Crippen LogP contribution in [0.25, 0.3) is 10.9 Å². The third-order valence-electron chi connectivity index (χ3n) is 3.64. The first kappa shape index (κ1) is 17.1. The van der Waals surface area contributed by atoms with Gasteiger partial charge in [-0.1, -0.05) is 12.1 Å². The van der Waals surface area contributed by atoms with Gasteiger partial charge in [0.05, 0.1) is 11.2 Å². The van der Waals surface area contributed by atoms with Crippen LogP contribution in [0.15, 0.2) is 59.6 Å². The number of carbonyl (C=O) groups excluding carboxylic acids is 1. The molecule has 5 nitrogen and oxygen atoms in total. The Bertz CT molecular complexity index is 899. The quantitative estimate of drug-likeness (QED) is 0.660. The van der Waals surface area contributed by atoms with Crippen molar-refractivity contribution in [2.45, 2.75) is 11.8 Å². The van der Waals surface area contributed by atoms with Crippen molar-refractivity contribution in [3.8, 4) is 5.75 Å². The molecule has 0 atom stereocenters. The zero-order valence-electron chi connectivity index (χ0n) is 14.1. The maximum atomic E-state index is 11.4. The first-order valence-corrected chi connectivity index (χ1v) is 8.69. The zero-order valence-corrected chi connectivity index (χ0v) is 14.9. The fourth-order valence-electron chi connectivity index (χ4n) is 2.36. The van der Waals surface area contributed by atoms with Crippen LogP contribution < -0.4 is 14.8 Å². The number of carbonyl (C=O) groups is 1. The molecule has 3 rings (SSSR count). The molecule has 2 N–H and O–H groups in total. The van der Waals surface area contributed by atoms with Gasteiger partial charge < -0.3 is 14.8 Å². The largest absolute Gasteiger partial charge is 0.483 e. The van der Waals surface area contributed by atoms with Gasteiger partial charge in [0, 0.05) is 23.5 Å². The highest BCUT2D eigenvalue weighted by Crippen LogP contribution is 2.32. The second kappa shape index (κ2) is 7.90. The van der Waals surface area contributed by atoms with Crippen molar-refractivity contribution in [1.82, 2.24) is 10.3 Å². The lowest BCUT2D eigenvalue weighted by Gasteiger charge is -2.12. The number of aromatic nitrogens is 1. The van der Waals surface area contributed by atoms with E-state index in [1.165, 1.54) is 17.5 Å². The van der Waals surface area contributed by atoms with Crippen molar-refractivity contribution in [3.63, 3.8) is 0 Å². The molecule has 1 heterocycles. The Hall–Kier alpha value is -2.73. The highest BCUT2D eigenvalue weighted by atomic mass is 32.2. The van der Waals surface area contributed by atoms with Gasteiger partial charge in [0.1, 0.15) is 5.75 Å². The fourth-order valence-corrected chi connectivity index (χ4v) is 3.15. The van der Waals surface area contributed by atoms with Gasteiger partial charge in [-0.2, -0.15) is 0 Å². The average molecular weight is 353 g/mol. The van der Waals surface area contributed by atoms with Crippen LogP contribution in [-0.4, -0.2) is 24.5 Å². The lowest BCUT2D eigenvalue weighted by Crippen LogP contribution is -2.24. The minimum Gasteiger partial charge on any atom is -0.483 e. The van der Waals surface area contributed by atoms with Gasteiger partial charge in [0.2, 0.25) is 0 Å². The molecule has 0 spiro atoms. The van der Waals surface area contributed by atoms with E-state index in [1.54, 1.807) is 13.2 Å². The van der Waals surface area contributed by atoms with Crippen LogP contribution in [0, 0.1) is 6.92 Å². The number of rotatable bonds is 6. The molecular formula is C19H19N3O2S. The molecule has 25 heavy (non-hydrogen) atoms. The van der Waals surface area contributed by atoms with Crippen LogP contribution in [0.3, 0.4) is 0 Å². The van der Waals surface area contributed by atoms with Gasteiger partial charge in [0.25, 0.3) is 5.91 Å². The van der Waals surface area contributed by atoms with Crippen molar-refractivity contribution in [3.05, 3.63) is 60.3 Å².